The highest BCUT2D eigenvalue weighted by Gasteiger charge is 2.46. The fraction of sp³-hybridized carbons (Fsp3) is 0.734. The predicted molar refractivity (Wildman–Crippen MR) is 503 cm³/mol. The van der Waals surface area contributed by atoms with Crippen LogP contribution in [0.2, 0.25) is 0 Å². The first-order chi connectivity index (χ1) is 65.5. The van der Waals surface area contributed by atoms with Gasteiger partial charge in [0.2, 0.25) is 11.6 Å². The SMILES string of the molecule is CCCCN1C(=CC=CC=CC2=[N+](CCCCCC(=O)NCCOCCOCCOCCOCCOCCOCCOCCOCCOCCOCCOCCOCCOCCOCCOCCOCCOCCOCCOCCOCCOCCOCCOCCOC)c3ccc(S(=O)(=O)O)cc3C2(C)C)C(C)(CCCCCC(C)=O)c2c1ccc1c(S(=O)(=O)[O-])cc(S(=O)(=O)O)cc21. The van der Waals surface area contributed by atoms with Crippen LogP contribution in [-0.2, 0) is 164 Å². The second kappa shape index (κ2) is 74.5. The topological polar surface area (TPSA) is 440 Å². The van der Waals surface area contributed by atoms with Crippen LogP contribution in [0.5, 0.6) is 0 Å². The van der Waals surface area contributed by atoms with Crippen molar-refractivity contribution in [2.45, 2.75) is 131 Å². The number of Topliss-reactive ketones (excluding diaryl/α,β-unsaturated/α-hetero) is 1. The quantitative estimate of drug-likeness (QED) is 0.0206. The average Bonchev–Trinajstić information content (AvgIpc) is 1.56. The van der Waals surface area contributed by atoms with Crippen molar-refractivity contribution in [1.29, 1.82) is 0 Å². The molecule has 1 unspecified atom stereocenters. The number of anilines is 1. The molecule has 2 heterocycles. The van der Waals surface area contributed by atoms with E-state index in [1.807, 2.05) is 51.2 Å². The van der Waals surface area contributed by atoms with Crippen molar-refractivity contribution in [1.82, 2.24) is 5.32 Å². The average molecular weight is 1980 g/mol. The zero-order valence-corrected chi connectivity index (χ0v) is 83.0. The summed E-state index contributed by atoms with van der Waals surface area (Å²) in [5.41, 5.74) is 2.87. The highest BCUT2D eigenvalue weighted by molar-refractivity contribution is 7.87. The van der Waals surface area contributed by atoms with Crippen molar-refractivity contribution in [2.24, 2.45) is 0 Å². The molecule has 0 spiro atoms. The second-order valence-electron chi connectivity index (χ2n) is 31.9. The summed E-state index contributed by atoms with van der Waals surface area (Å²) < 4.78 is 243. The molecule has 1 atom stereocenters. The third kappa shape index (κ3) is 52.7. The summed E-state index contributed by atoms with van der Waals surface area (Å²) in [5, 5.41) is 3.15. The highest BCUT2D eigenvalue weighted by atomic mass is 32.2. The van der Waals surface area contributed by atoms with Gasteiger partial charge in [0.1, 0.15) is 22.4 Å². The summed E-state index contributed by atoms with van der Waals surface area (Å²) in [7, 11) is -13.1. The Labute approximate surface area is 800 Å². The molecule has 5 rings (SSSR count). The number of carbonyl (C=O) groups is 2. The maximum atomic E-state index is 12.8. The number of methoxy groups -OCH3 is 1. The number of nitrogens with zero attached hydrogens (tertiary/aromatic N) is 2. The first-order valence-electron chi connectivity index (χ1n) is 47.1. The van der Waals surface area contributed by atoms with Gasteiger partial charge >= 0.3 is 0 Å². The van der Waals surface area contributed by atoms with Gasteiger partial charge in [-0.1, -0.05) is 50.5 Å². The first-order valence-corrected chi connectivity index (χ1v) is 51.4. The van der Waals surface area contributed by atoms with E-state index in [1.54, 1.807) is 19.2 Å². The van der Waals surface area contributed by atoms with Crippen molar-refractivity contribution in [3.05, 3.63) is 89.7 Å². The summed E-state index contributed by atoms with van der Waals surface area (Å²) in [6, 6.07) is 9.74. The summed E-state index contributed by atoms with van der Waals surface area (Å²) in [5.74, 6) is -0.0313. The third-order valence-corrected chi connectivity index (χ3v) is 23.7. The predicted octanol–water partition coefficient (Wildman–Crippen LogP) is 8.43. The molecule has 0 radical (unpaired) electrons. The van der Waals surface area contributed by atoms with Crippen LogP contribution < -0.4 is 10.2 Å². The molecule has 0 bridgehead atoms. The Morgan fingerprint density at radius 2 is 0.778 bits per heavy atom. The number of rotatable bonds is 93. The van der Waals surface area contributed by atoms with Gasteiger partial charge in [0.25, 0.3) is 20.2 Å². The fourth-order valence-electron chi connectivity index (χ4n) is 14.3. The van der Waals surface area contributed by atoms with E-state index in [1.165, 1.54) is 31.2 Å². The summed E-state index contributed by atoms with van der Waals surface area (Å²) in [6.07, 6.45) is 16.4. The van der Waals surface area contributed by atoms with E-state index in [-0.39, 0.29) is 27.4 Å². The van der Waals surface area contributed by atoms with Gasteiger partial charge in [-0.05, 0) is 113 Å². The highest BCUT2D eigenvalue weighted by Crippen LogP contribution is 2.54. The van der Waals surface area contributed by atoms with Crippen LogP contribution in [0, 0.1) is 0 Å². The molecular weight excluding hydrogens is 1830 g/mol. The molecule has 0 saturated carbocycles. The molecule has 774 valence electrons. The summed E-state index contributed by atoms with van der Waals surface area (Å²) >= 11 is 0. The van der Waals surface area contributed by atoms with Crippen LogP contribution >= 0.6 is 0 Å². The number of carbonyl (C=O) groups excluding carboxylic acids is 2. The van der Waals surface area contributed by atoms with Crippen LogP contribution in [0.3, 0.4) is 0 Å². The Bertz CT molecular complexity index is 4140. The van der Waals surface area contributed by atoms with E-state index in [0.29, 0.717) is 411 Å². The number of fused-ring (bicyclic) bond motifs is 4. The van der Waals surface area contributed by atoms with Crippen LogP contribution in [0.15, 0.2) is 93.2 Å². The molecule has 0 aliphatic carbocycles. The van der Waals surface area contributed by atoms with Crippen molar-refractivity contribution in [3.63, 3.8) is 0 Å². The zero-order valence-electron chi connectivity index (χ0n) is 80.5. The molecule has 0 saturated heterocycles. The number of hydrogen-bond acceptors (Lipinski definition) is 34. The zero-order chi connectivity index (χ0) is 97.5. The van der Waals surface area contributed by atoms with Gasteiger partial charge in [-0.15, -0.1) is 0 Å². The number of amides is 1. The Balaban J connectivity index is 0.759. The molecule has 1 amide bonds. The number of nitrogens with one attached hydrogen (secondary N) is 1. The second-order valence-corrected chi connectivity index (χ2v) is 36.0. The standard InChI is InChI=1S/C94H155N3O35S3/c1-7-8-28-97-87-25-23-83-84(77-82(134(103,104)105)79-88(83)135(106,107)108)92(87)94(5,26-16-10-12-18-80(2)98)90(97)20-14-9-13-19-89-93(3,4)85-78-81(133(100,101)102)22-24-86(85)96(89)29-17-11-15-21-91(99)95-27-30-110-33-34-112-37-38-114-41-42-116-45-46-118-49-50-120-53-54-122-57-58-124-61-62-126-65-66-128-69-70-130-73-74-132-76-75-131-72-71-129-68-67-127-64-63-125-60-59-123-56-55-121-52-51-119-48-47-117-44-43-115-40-39-113-36-35-111-32-31-109-6/h9,13-14,19-20,22-25,77-79H,7-8,10-12,15-18,21,26-76H2,1-6H3,(H3-,95,99,100,101,102,103,104,105,106,107,108). The lowest BCUT2D eigenvalue weighted by Gasteiger charge is -2.31. The van der Waals surface area contributed by atoms with Gasteiger partial charge < -0.3 is 133 Å². The molecular formula is C94H155N3O35S3. The van der Waals surface area contributed by atoms with Crippen LogP contribution in [0.25, 0.3) is 10.8 Å². The molecule has 41 heteroatoms. The lowest BCUT2D eigenvalue weighted by Crippen LogP contribution is -2.29. The van der Waals surface area contributed by atoms with E-state index in [0.717, 1.165) is 29.9 Å². The molecule has 0 aromatic heterocycles. The molecule has 0 fully saturated rings. The minimum Gasteiger partial charge on any atom is -0.744 e. The van der Waals surface area contributed by atoms with Crippen molar-refractivity contribution >= 4 is 69.9 Å². The summed E-state index contributed by atoms with van der Waals surface area (Å²) in [4.78, 5) is 25.2. The van der Waals surface area contributed by atoms with E-state index in [2.05, 4.69) is 21.7 Å². The minimum atomic E-state index is -5.22. The maximum absolute atomic E-state index is 12.8. The fourth-order valence-corrected chi connectivity index (χ4v) is 16.1. The molecule has 38 nitrogen and oxygen atoms in total. The number of hydrogen-bond donors (Lipinski definition) is 3. The third-order valence-electron chi connectivity index (χ3n) is 21.1. The van der Waals surface area contributed by atoms with Gasteiger partial charge in [0.05, 0.1) is 331 Å². The smallest absolute Gasteiger partial charge is 0.294 e. The van der Waals surface area contributed by atoms with E-state index in [4.69, 9.17) is 114 Å². The number of allylic oxidation sites excluding steroid dienone is 6. The number of ketones is 1. The van der Waals surface area contributed by atoms with Crippen LogP contribution in [0.1, 0.15) is 116 Å². The molecule has 3 N–H and O–H groups in total. The number of ether oxygens (including phenoxy) is 24. The van der Waals surface area contributed by atoms with Gasteiger partial charge in [-0.2, -0.15) is 21.4 Å². The van der Waals surface area contributed by atoms with Gasteiger partial charge in [0, 0.05) is 74.0 Å². The van der Waals surface area contributed by atoms with Gasteiger partial charge in [0.15, 0.2) is 5.71 Å². The monoisotopic (exact) mass is 1980 g/mol. The number of benzene rings is 3. The minimum absolute atomic E-state index is 0.0295. The number of unbranched alkanes of at least 4 members (excludes halogenated alkanes) is 5. The Kier molecular flexibility index (Phi) is 66.2. The van der Waals surface area contributed by atoms with Gasteiger partial charge in [-0.3, -0.25) is 13.9 Å². The Morgan fingerprint density at radius 3 is 1.13 bits per heavy atom. The normalized spacial score (nSPS) is 14.9. The molecule has 3 aromatic carbocycles. The lowest BCUT2D eigenvalue weighted by molar-refractivity contribution is -0.438. The molecule has 2 aliphatic rings. The largest absolute Gasteiger partial charge is 0.744 e. The first kappa shape index (κ1) is 120. The van der Waals surface area contributed by atoms with E-state index in [9.17, 15) is 48.5 Å². The van der Waals surface area contributed by atoms with Crippen LogP contribution in [-0.4, -0.2) is 398 Å². The Hall–Kier alpha value is -5.48. The van der Waals surface area contributed by atoms with E-state index >= 15 is 0 Å². The summed E-state index contributed by atoms with van der Waals surface area (Å²) in [6.45, 7) is 32.7. The Morgan fingerprint density at radius 1 is 0.415 bits per heavy atom. The van der Waals surface area contributed by atoms with Crippen molar-refractivity contribution in [3.8, 4) is 0 Å². The molecule has 3 aromatic rings. The van der Waals surface area contributed by atoms with Crippen molar-refractivity contribution < 1.29 is 167 Å². The van der Waals surface area contributed by atoms with E-state index < -0.39 is 51.0 Å². The molecule has 2 aliphatic heterocycles. The maximum Gasteiger partial charge on any atom is 0.294 e. The van der Waals surface area contributed by atoms with Gasteiger partial charge in [-0.25, -0.2) is 8.42 Å². The lowest BCUT2D eigenvalue weighted by atomic mass is 9.75. The molecule has 135 heavy (non-hydrogen) atoms. The van der Waals surface area contributed by atoms with Crippen molar-refractivity contribution in [2.75, 3.05) is 342 Å². The van der Waals surface area contributed by atoms with Crippen LogP contribution in [0.4, 0.5) is 11.4 Å².